The van der Waals surface area contributed by atoms with Crippen LogP contribution in [0.1, 0.15) is 33.7 Å². The van der Waals surface area contributed by atoms with E-state index in [0.29, 0.717) is 11.8 Å². The van der Waals surface area contributed by atoms with Gasteiger partial charge in [0.1, 0.15) is 0 Å². The standard InChI is InChI=1S/C12H18OS/c1-7-5-13-6-11(7)12-8(2)9(3)14-10(12)4/h7,11H,5-6H2,1-4H3/t7-,11?/m1/s1. The fraction of sp³-hybridized carbons (Fsp3) is 0.667. The van der Waals surface area contributed by atoms with Crippen LogP contribution in [0.5, 0.6) is 0 Å². The molecule has 14 heavy (non-hydrogen) atoms. The Morgan fingerprint density at radius 1 is 1.14 bits per heavy atom. The SMILES string of the molecule is Cc1sc(C)c(C2COC[C@H]2C)c1C. The van der Waals surface area contributed by atoms with Crippen molar-refractivity contribution in [1.82, 2.24) is 0 Å². The average Bonchev–Trinajstić information content (AvgIpc) is 2.60. The molecule has 0 aromatic carbocycles. The lowest BCUT2D eigenvalue weighted by Gasteiger charge is -2.14. The van der Waals surface area contributed by atoms with Crippen molar-refractivity contribution in [2.45, 2.75) is 33.6 Å². The van der Waals surface area contributed by atoms with Crippen LogP contribution in [-0.4, -0.2) is 13.2 Å². The highest BCUT2D eigenvalue weighted by Gasteiger charge is 2.29. The Kier molecular flexibility index (Phi) is 2.67. The fourth-order valence-corrected chi connectivity index (χ4v) is 3.52. The molecule has 1 unspecified atom stereocenters. The third kappa shape index (κ3) is 1.51. The first kappa shape index (κ1) is 10.2. The molecule has 1 aromatic heterocycles. The summed E-state index contributed by atoms with van der Waals surface area (Å²) in [6, 6.07) is 0. The Morgan fingerprint density at radius 3 is 2.29 bits per heavy atom. The second-order valence-electron chi connectivity index (χ2n) is 4.37. The summed E-state index contributed by atoms with van der Waals surface area (Å²) >= 11 is 1.93. The fourth-order valence-electron chi connectivity index (χ4n) is 2.38. The highest BCUT2D eigenvalue weighted by atomic mass is 32.1. The van der Waals surface area contributed by atoms with E-state index in [1.54, 1.807) is 5.56 Å². The van der Waals surface area contributed by atoms with Gasteiger partial charge in [0, 0.05) is 22.3 Å². The van der Waals surface area contributed by atoms with Gasteiger partial charge in [-0.05, 0) is 37.8 Å². The smallest absolute Gasteiger partial charge is 0.0538 e. The maximum absolute atomic E-state index is 5.55. The van der Waals surface area contributed by atoms with E-state index in [9.17, 15) is 0 Å². The predicted molar refractivity (Wildman–Crippen MR) is 61.3 cm³/mol. The minimum absolute atomic E-state index is 0.639. The molecule has 0 radical (unpaired) electrons. The molecule has 2 heterocycles. The van der Waals surface area contributed by atoms with Crippen LogP contribution >= 0.6 is 11.3 Å². The molecule has 0 bridgehead atoms. The highest BCUT2D eigenvalue weighted by Crippen LogP contribution is 2.39. The molecule has 2 atom stereocenters. The number of rotatable bonds is 1. The van der Waals surface area contributed by atoms with Crippen molar-refractivity contribution in [3.05, 3.63) is 20.9 Å². The Bertz CT molecular complexity index is 340. The van der Waals surface area contributed by atoms with Gasteiger partial charge in [0.15, 0.2) is 0 Å². The zero-order chi connectivity index (χ0) is 10.3. The maximum atomic E-state index is 5.55. The molecular formula is C12H18OS. The molecule has 0 spiro atoms. The molecule has 1 aromatic rings. The Hall–Kier alpha value is -0.340. The molecule has 1 fully saturated rings. The number of thiophene rings is 1. The van der Waals surface area contributed by atoms with Crippen molar-refractivity contribution in [3.8, 4) is 0 Å². The van der Waals surface area contributed by atoms with Gasteiger partial charge < -0.3 is 4.74 Å². The van der Waals surface area contributed by atoms with Gasteiger partial charge >= 0.3 is 0 Å². The van der Waals surface area contributed by atoms with Crippen molar-refractivity contribution in [2.75, 3.05) is 13.2 Å². The van der Waals surface area contributed by atoms with Crippen LogP contribution in [0.3, 0.4) is 0 Å². The van der Waals surface area contributed by atoms with E-state index in [1.807, 2.05) is 11.3 Å². The Labute approximate surface area is 90.1 Å². The molecule has 0 saturated carbocycles. The van der Waals surface area contributed by atoms with E-state index in [1.165, 1.54) is 15.3 Å². The van der Waals surface area contributed by atoms with Gasteiger partial charge in [-0.3, -0.25) is 0 Å². The molecule has 2 heteroatoms. The lowest BCUT2D eigenvalue weighted by atomic mass is 9.88. The Balaban J connectivity index is 2.39. The lowest BCUT2D eigenvalue weighted by Crippen LogP contribution is -2.08. The summed E-state index contributed by atoms with van der Waals surface area (Å²) < 4.78 is 5.55. The van der Waals surface area contributed by atoms with Gasteiger partial charge in [-0.1, -0.05) is 6.92 Å². The summed E-state index contributed by atoms with van der Waals surface area (Å²) in [5, 5.41) is 0. The quantitative estimate of drug-likeness (QED) is 0.690. The third-order valence-corrected chi connectivity index (χ3v) is 4.49. The predicted octanol–water partition coefficient (Wildman–Crippen LogP) is 3.42. The molecule has 1 saturated heterocycles. The first-order chi connectivity index (χ1) is 6.61. The number of ether oxygens (including phenoxy) is 1. The first-order valence-corrected chi connectivity index (χ1v) is 6.07. The van der Waals surface area contributed by atoms with Gasteiger partial charge in [-0.2, -0.15) is 0 Å². The molecule has 78 valence electrons. The van der Waals surface area contributed by atoms with Crippen molar-refractivity contribution in [3.63, 3.8) is 0 Å². The molecular weight excluding hydrogens is 192 g/mol. The summed E-state index contributed by atoms with van der Waals surface area (Å²) in [4.78, 5) is 2.96. The van der Waals surface area contributed by atoms with Gasteiger partial charge in [0.2, 0.25) is 0 Å². The van der Waals surface area contributed by atoms with Gasteiger partial charge in [-0.15, -0.1) is 11.3 Å². The monoisotopic (exact) mass is 210 g/mol. The molecule has 0 amide bonds. The summed E-state index contributed by atoms with van der Waals surface area (Å²) in [7, 11) is 0. The van der Waals surface area contributed by atoms with Crippen molar-refractivity contribution in [1.29, 1.82) is 0 Å². The molecule has 0 aliphatic carbocycles. The Morgan fingerprint density at radius 2 is 1.86 bits per heavy atom. The first-order valence-electron chi connectivity index (χ1n) is 5.25. The zero-order valence-corrected chi connectivity index (χ0v) is 10.2. The van der Waals surface area contributed by atoms with Crippen molar-refractivity contribution in [2.24, 2.45) is 5.92 Å². The number of hydrogen-bond donors (Lipinski definition) is 0. The van der Waals surface area contributed by atoms with Crippen molar-refractivity contribution < 1.29 is 4.74 Å². The van der Waals surface area contributed by atoms with E-state index in [2.05, 4.69) is 27.7 Å². The van der Waals surface area contributed by atoms with E-state index >= 15 is 0 Å². The molecule has 1 aliphatic heterocycles. The highest BCUT2D eigenvalue weighted by molar-refractivity contribution is 7.12. The number of aryl methyl sites for hydroxylation is 2. The summed E-state index contributed by atoms with van der Waals surface area (Å²) in [5.74, 6) is 1.32. The van der Waals surface area contributed by atoms with E-state index in [-0.39, 0.29) is 0 Å². The third-order valence-electron chi connectivity index (χ3n) is 3.35. The van der Waals surface area contributed by atoms with E-state index < -0.39 is 0 Å². The van der Waals surface area contributed by atoms with Gasteiger partial charge in [0.05, 0.1) is 6.61 Å². The average molecular weight is 210 g/mol. The van der Waals surface area contributed by atoms with Crippen LogP contribution in [0.2, 0.25) is 0 Å². The van der Waals surface area contributed by atoms with E-state index in [0.717, 1.165) is 13.2 Å². The van der Waals surface area contributed by atoms with E-state index in [4.69, 9.17) is 4.74 Å². The van der Waals surface area contributed by atoms with Crippen LogP contribution in [0.25, 0.3) is 0 Å². The number of hydrogen-bond acceptors (Lipinski definition) is 2. The van der Waals surface area contributed by atoms with Crippen LogP contribution in [0, 0.1) is 26.7 Å². The largest absolute Gasteiger partial charge is 0.381 e. The van der Waals surface area contributed by atoms with Crippen LogP contribution in [0.4, 0.5) is 0 Å². The molecule has 0 N–H and O–H groups in total. The van der Waals surface area contributed by atoms with Gasteiger partial charge in [0.25, 0.3) is 0 Å². The second kappa shape index (κ2) is 3.67. The molecule has 1 aliphatic rings. The van der Waals surface area contributed by atoms with Gasteiger partial charge in [-0.25, -0.2) is 0 Å². The van der Waals surface area contributed by atoms with Crippen LogP contribution in [0.15, 0.2) is 0 Å². The topological polar surface area (TPSA) is 9.23 Å². The summed E-state index contributed by atoms with van der Waals surface area (Å²) in [6.07, 6.45) is 0. The lowest BCUT2D eigenvalue weighted by molar-refractivity contribution is 0.186. The zero-order valence-electron chi connectivity index (χ0n) is 9.39. The normalized spacial score (nSPS) is 27.1. The molecule has 1 nitrogen and oxygen atoms in total. The minimum atomic E-state index is 0.639. The van der Waals surface area contributed by atoms with Crippen LogP contribution in [-0.2, 0) is 4.74 Å². The van der Waals surface area contributed by atoms with Crippen LogP contribution < -0.4 is 0 Å². The summed E-state index contributed by atoms with van der Waals surface area (Å²) in [6.45, 7) is 10.8. The summed E-state index contributed by atoms with van der Waals surface area (Å²) in [5.41, 5.74) is 3.06. The second-order valence-corrected chi connectivity index (χ2v) is 5.80. The van der Waals surface area contributed by atoms with Crippen molar-refractivity contribution >= 4 is 11.3 Å². The minimum Gasteiger partial charge on any atom is -0.381 e. The molecule has 2 rings (SSSR count). The maximum Gasteiger partial charge on any atom is 0.0538 e.